The van der Waals surface area contributed by atoms with Crippen LogP contribution in [0.15, 0.2) is 200 Å². The molecule has 3 heteroatoms. The van der Waals surface area contributed by atoms with Crippen LogP contribution in [-0.2, 0) is 0 Å². The molecule has 216 valence electrons. The van der Waals surface area contributed by atoms with Crippen LogP contribution in [0.3, 0.4) is 0 Å². The second kappa shape index (κ2) is 13.1. The van der Waals surface area contributed by atoms with Gasteiger partial charge >= 0.3 is 0 Å². The van der Waals surface area contributed by atoms with Crippen molar-refractivity contribution in [2.24, 2.45) is 0 Å². The van der Waals surface area contributed by atoms with Crippen molar-refractivity contribution < 1.29 is 1.37 Å². The van der Waals surface area contributed by atoms with Crippen LogP contribution < -0.4 is 14.7 Å². The third-order valence-corrected chi connectivity index (χ3v) is 7.75. The SMILES string of the molecule is [3H]c1ccc(N(c2ccccc2)c2ccc(N(c3ccccc3)c3ccc(N(c4ccccc4)c4ccccc4)cc3)cc2)cc1. The third-order valence-electron chi connectivity index (χ3n) is 7.75. The second-order valence-corrected chi connectivity index (χ2v) is 10.6. The number of anilines is 9. The maximum absolute atomic E-state index is 7.98. The fraction of sp³-hybridized carbons (Fsp3) is 0. The van der Waals surface area contributed by atoms with Crippen LogP contribution in [0.5, 0.6) is 0 Å². The highest BCUT2D eigenvalue weighted by molar-refractivity contribution is 5.83. The summed E-state index contributed by atoms with van der Waals surface area (Å²) in [5, 5.41) is 0. The molecule has 0 amide bonds. The monoisotopic (exact) mass is 581 g/mol. The average Bonchev–Trinajstić information content (AvgIpc) is 3.13. The molecular weight excluding hydrogens is 546 g/mol. The Bertz CT molecular complexity index is 1920. The van der Waals surface area contributed by atoms with Gasteiger partial charge in [-0.15, -0.1) is 0 Å². The Morgan fingerprint density at radius 3 is 0.622 bits per heavy atom. The molecule has 0 aliphatic carbocycles. The predicted octanol–water partition coefficient (Wildman–Crippen LogP) is 12.1. The van der Waals surface area contributed by atoms with E-state index in [4.69, 9.17) is 1.37 Å². The van der Waals surface area contributed by atoms with Gasteiger partial charge < -0.3 is 14.7 Å². The molecule has 45 heavy (non-hydrogen) atoms. The van der Waals surface area contributed by atoms with Gasteiger partial charge in [0.25, 0.3) is 0 Å². The van der Waals surface area contributed by atoms with Gasteiger partial charge in [0, 0.05) is 51.2 Å². The van der Waals surface area contributed by atoms with Gasteiger partial charge in [0.1, 0.15) is 0 Å². The van der Waals surface area contributed by atoms with Crippen molar-refractivity contribution in [2.45, 2.75) is 0 Å². The number of nitrogens with zero attached hydrogens (tertiary/aromatic N) is 3. The third kappa shape index (κ3) is 6.06. The van der Waals surface area contributed by atoms with Crippen molar-refractivity contribution in [1.82, 2.24) is 0 Å². The lowest BCUT2D eigenvalue weighted by Crippen LogP contribution is -2.13. The van der Waals surface area contributed by atoms with E-state index in [9.17, 15) is 0 Å². The first-order chi connectivity index (χ1) is 22.7. The van der Waals surface area contributed by atoms with E-state index in [1.165, 1.54) is 0 Å². The van der Waals surface area contributed by atoms with Crippen molar-refractivity contribution >= 4 is 51.2 Å². The van der Waals surface area contributed by atoms with E-state index in [2.05, 4.69) is 148 Å². The van der Waals surface area contributed by atoms with Gasteiger partial charge in [-0.3, -0.25) is 0 Å². The minimum Gasteiger partial charge on any atom is -0.311 e. The van der Waals surface area contributed by atoms with Gasteiger partial charge in [-0.25, -0.2) is 0 Å². The molecule has 0 bridgehead atoms. The zero-order valence-corrected chi connectivity index (χ0v) is 24.8. The number of hydrogen-bond donors (Lipinski definition) is 0. The van der Waals surface area contributed by atoms with Gasteiger partial charge in [0.2, 0.25) is 0 Å². The quantitative estimate of drug-likeness (QED) is 0.168. The van der Waals surface area contributed by atoms with Crippen molar-refractivity contribution in [1.29, 1.82) is 0 Å². The molecule has 0 saturated carbocycles. The molecule has 0 unspecified atom stereocenters. The smallest absolute Gasteiger partial charge is 0.0623 e. The van der Waals surface area contributed by atoms with E-state index in [1.807, 2.05) is 60.7 Å². The molecular formula is C42H33N3. The van der Waals surface area contributed by atoms with E-state index in [0.29, 0.717) is 6.04 Å². The molecule has 0 fully saturated rings. The minimum atomic E-state index is 0.493. The summed E-state index contributed by atoms with van der Waals surface area (Å²) in [6.07, 6.45) is 0. The fourth-order valence-electron chi connectivity index (χ4n) is 5.68. The normalized spacial score (nSPS) is 11.0. The summed E-state index contributed by atoms with van der Waals surface area (Å²) in [4.78, 5) is 6.77. The maximum atomic E-state index is 7.98. The standard InChI is InChI=1S/C42H33N3/c1-6-16-34(17-7-1)43(35-18-8-2-9-19-35)39-26-30-41(31-27-39)45(38-24-14-5-15-25-38)42-32-28-40(29-33-42)44(36-20-10-3-11-21-36)37-22-12-4-13-23-37/h1-33H/i1T. The molecule has 0 atom stereocenters. The van der Waals surface area contributed by atoms with Gasteiger partial charge in [-0.2, -0.15) is 0 Å². The molecule has 0 aliphatic heterocycles. The number of hydrogen-bond acceptors (Lipinski definition) is 3. The number of rotatable bonds is 9. The average molecular weight is 582 g/mol. The topological polar surface area (TPSA) is 9.72 Å². The first kappa shape index (κ1) is 26.6. The lowest BCUT2D eigenvalue weighted by Gasteiger charge is -2.29. The molecule has 0 N–H and O–H groups in total. The summed E-state index contributed by atoms with van der Waals surface area (Å²) < 4.78 is 7.98. The van der Waals surface area contributed by atoms with Crippen molar-refractivity contribution in [3.8, 4) is 0 Å². The Hall–Kier alpha value is -6.06. The highest BCUT2D eigenvalue weighted by atomic mass is 15.2. The summed E-state index contributed by atoms with van der Waals surface area (Å²) >= 11 is 0. The van der Waals surface area contributed by atoms with Crippen LogP contribution in [0.25, 0.3) is 0 Å². The zero-order valence-electron chi connectivity index (χ0n) is 25.8. The molecule has 0 aromatic heterocycles. The highest BCUT2D eigenvalue weighted by Gasteiger charge is 2.17. The first-order valence-electron chi connectivity index (χ1n) is 15.6. The largest absolute Gasteiger partial charge is 0.311 e. The molecule has 3 nitrogen and oxygen atoms in total. The summed E-state index contributed by atoms with van der Waals surface area (Å²) in [5.74, 6) is 0. The summed E-state index contributed by atoms with van der Waals surface area (Å²) in [5.41, 5.74) is 9.61. The maximum Gasteiger partial charge on any atom is 0.0623 e. The van der Waals surface area contributed by atoms with Gasteiger partial charge in [-0.1, -0.05) is 91.0 Å². The van der Waals surface area contributed by atoms with Crippen LogP contribution in [0.1, 0.15) is 1.37 Å². The molecule has 7 aromatic rings. The van der Waals surface area contributed by atoms with E-state index in [-0.39, 0.29) is 0 Å². The number of benzene rings is 7. The number of para-hydroxylation sites is 5. The Morgan fingerprint density at radius 1 is 0.222 bits per heavy atom. The predicted molar refractivity (Wildman–Crippen MR) is 190 cm³/mol. The van der Waals surface area contributed by atoms with E-state index in [0.717, 1.165) is 51.2 Å². The van der Waals surface area contributed by atoms with Crippen LogP contribution in [-0.4, -0.2) is 0 Å². The first-order valence-corrected chi connectivity index (χ1v) is 15.1. The summed E-state index contributed by atoms with van der Waals surface area (Å²) in [6, 6.07) is 67.3. The zero-order chi connectivity index (χ0) is 31.1. The van der Waals surface area contributed by atoms with Gasteiger partial charge in [-0.05, 0) is 109 Å². The Balaban J connectivity index is 1.26. The van der Waals surface area contributed by atoms with Gasteiger partial charge in [0.15, 0.2) is 0 Å². The molecule has 0 spiro atoms. The van der Waals surface area contributed by atoms with Crippen molar-refractivity contribution in [3.05, 3.63) is 200 Å². The van der Waals surface area contributed by atoms with Crippen LogP contribution in [0, 0.1) is 0 Å². The summed E-state index contributed by atoms with van der Waals surface area (Å²) in [7, 11) is 0. The molecule has 7 aromatic carbocycles. The second-order valence-electron chi connectivity index (χ2n) is 10.6. The minimum absolute atomic E-state index is 0.493. The van der Waals surface area contributed by atoms with Crippen molar-refractivity contribution in [2.75, 3.05) is 14.7 Å². The molecule has 0 radical (unpaired) electrons. The highest BCUT2D eigenvalue weighted by Crippen LogP contribution is 2.40. The molecule has 0 aliphatic rings. The lowest BCUT2D eigenvalue weighted by molar-refractivity contribution is 1.24. The van der Waals surface area contributed by atoms with Crippen LogP contribution >= 0.6 is 0 Å². The Kier molecular flexibility index (Phi) is 7.71. The van der Waals surface area contributed by atoms with E-state index in [1.54, 1.807) is 0 Å². The molecule has 0 saturated heterocycles. The van der Waals surface area contributed by atoms with Crippen molar-refractivity contribution in [3.63, 3.8) is 0 Å². The molecule has 0 heterocycles. The van der Waals surface area contributed by atoms with E-state index < -0.39 is 0 Å². The summed E-state index contributed by atoms with van der Waals surface area (Å²) in [6.45, 7) is 0. The fourth-order valence-corrected chi connectivity index (χ4v) is 5.68. The molecule has 7 rings (SSSR count). The lowest BCUT2D eigenvalue weighted by atomic mass is 10.1. The van der Waals surface area contributed by atoms with Crippen LogP contribution in [0.2, 0.25) is 0 Å². The Morgan fingerprint density at radius 2 is 0.400 bits per heavy atom. The van der Waals surface area contributed by atoms with Gasteiger partial charge in [0.05, 0.1) is 1.37 Å². The van der Waals surface area contributed by atoms with E-state index >= 15 is 0 Å². The Labute approximate surface area is 266 Å². The van der Waals surface area contributed by atoms with Crippen LogP contribution in [0.4, 0.5) is 51.2 Å².